The van der Waals surface area contributed by atoms with Gasteiger partial charge in [-0.25, -0.2) is 0 Å². The minimum absolute atomic E-state index is 0.0998. The van der Waals surface area contributed by atoms with Crippen LogP contribution in [-0.2, 0) is 4.74 Å². The van der Waals surface area contributed by atoms with E-state index in [1.54, 1.807) is 0 Å². The van der Waals surface area contributed by atoms with Crippen LogP contribution < -0.4 is 0 Å². The van der Waals surface area contributed by atoms with E-state index in [1.165, 1.54) is 0 Å². The van der Waals surface area contributed by atoms with Crippen LogP contribution in [0.3, 0.4) is 0 Å². The molecule has 12 heavy (non-hydrogen) atoms. The summed E-state index contributed by atoms with van der Waals surface area (Å²) in [4.78, 5) is 0. The van der Waals surface area contributed by atoms with Crippen molar-refractivity contribution in [3.63, 3.8) is 0 Å². The van der Waals surface area contributed by atoms with Crippen molar-refractivity contribution in [1.29, 1.82) is 0 Å². The highest BCUT2D eigenvalue weighted by Gasteiger charge is 2.61. The largest absolute Gasteiger partial charge is 0.396 e. The Morgan fingerprint density at radius 3 is 2.83 bits per heavy atom. The van der Waals surface area contributed by atoms with Crippen LogP contribution >= 0.6 is 0 Å². The molecule has 3 fully saturated rings. The van der Waals surface area contributed by atoms with E-state index in [-0.39, 0.29) is 18.8 Å². The van der Waals surface area contributed by atoms with Gasteiger partial charge in [-0.3, -0.25) is 0 Å². The lowest BCUT2D eigenvalue weighted by atomic mass is 9.79. The zero-order valence-electron chi connectivity index (χ0n) is 6.89. The molecule has 68 valence electrons. The van der Waals surface area contributed by atoms with E-state index in [0.717, 1.165) is 13.0 Å². The van der Waals surface area contributed by atoms with Gasteiger partial charge in [0.25, 0.3) is 0 Å². The third-order valence-corrected chi connectivity index (χ3v) is 4.08. The fraction of sp³-hybridized carbons (Fsp3) is 1.00. The Kier molecular flexibility index (Phi) is 1.35. The van der Waals surface area contributed by atoms with Crippen LogP contribution in [0.5, 0.6) is 0 Å². The quantitative estimate of drug-likeness (QED) is 0.564. The molecule has 0 amide bonds. The van der Waals surface area contributed by atoms with Crippen LogP contribution in [-0.4, -0.2) is 35.6 Å². The molecule has 0 aromatic carbocycles. The van der Waals surface area contributed by atoms with E-state index < -0.39 is 0 Å². The minimum Gasteiger partial charge on any atom is -0.396 e. The maximum absolute atomic E-state index is 9.77. The number of hydrogen-bond acceptors (Lipinski definition) is 3. The highest BCUT2D eigenvalue weighted by molar-refractivity contribution is 5.09. The van der Waals surface area contributed by atoms with Crippen molar-refractivity contribution in [1.82, 2.24) is 0 Å². The molecule has 3 heteroatoms. The fourth-order valence-corrected chi connectivity index (χ4v) is 3.53. The summed E-state index contributed by atoms with van der Waals surface area (Å²) in [6.07, 6.45) is 0.871. The second-order valence-electron chi connectivity index (χ2n) is 4.36. The summed E-state index contributed by atoms with van der Waals surface area (Å²) in [5.74, 6) is 1.71. The van der Waals surface area contributed by atoms with E-state index in [9.17, 15) is 5.11 Å². The van der Waals surface area contributed by atoms with Gasteiger partial charge in [-0.2, -0.15) is 0 Å². The van der Waals surface area contributed by atoms with Crippen molar-refractivity contribution in [3.05, 3.63) is 0 Å². The minimum atomic E-state index is -0.300. The molecule has 2 bridgehead atoms. The smallest absolute Gasteiger partial charge is 0.0868 e. The summed E-state index contributed by atoms with van der Waals surface area (Å²) in [5, 5.41) is 18.9. The Morgan fingerprint density at radius 1 is 1.25 bits per heavy atom. The third-order valence-electron chi connectivity index (χ3n) is 4.08. The van der Waals surface area contributed by atoms with E-state index in [4.69, 9.17) is 9.84 Å². The average Bonchev–Trinajstić information content (AvgIpc) is 2.62. The lowest BCUT2D eigenvalue weighted by molar-refractivity contribution is -0.0228. The molecule has 0 unspecified atom stereocenters. The molecule has 0 aromatic rings. The third kappa shape index (κ3) is 0.640. The van der Waals surface area contributed by atoms with Gasteiger partial charge in [-0.1, -0.05) is 0 Å². The Morgan fingerprint density at radius 2 is 2.08 bits per heavy atom. The molecule has 3 nitrogen and oxygen atoms in total. The molecule has 2 aliphatic carbocycles. The number of hydrogen-bond donors (Lipinski definition) is 2. The van der Waals surface area contributed by atoms with Gasteiger partial charge in [-0.05, 0) is 30.1 Å². The van der Waals surface area contributed by atoms with Crippen LogP contribution in [0.4, 0.5) is 0 Å². The molecule has 0 radical (unpaired) electrons. The summed E-state index contributed by atoms with van der Waals surface area (Å²) in [7, 11) is 0. The Bertz CT molecular complexity index is 206. The van der Waals surface area contributed by atoms with Crippen LogP contribution in [0, 0.1) is 23.7 Å². The lowest BCUT2D eigenvalue weighted by Crippen LogP contribution is -2.38. The van der Waals surface area contributed by atoms with Crippen LogP contribution in [0.1, 0.15) is 6.42 Å². The summed E-state index contributed by atoms with van der Waals surface area (Å²) in [6.45, 7) is 0.979. The lowest BCUT2D eigenvalue weighted by Gasteiger charge is -2.28. The molecular weight excluding hydrogens is 156 g/mol. The van der Waals surface area contributed by atoms with Gasteiger partial charge in [-0.15, -0.1) is 0 Å². The molecule has 3 rings (SSSR count). The first kappa shape index (κ1) is 7.30. The van der Waals surface area contributed by atoms with Crippen molar-refractivity contribution < 1.29 is 14.9 Å². The Labute approximate surface area is 71.3 Å². The average molecular weight is 170 g/mol. The zero-order valence-corrected chi connectivity index (χ0v) is 6.89. The van der Waals surface area contributed by atoms with Crippen molar-refractivity contribution in [3.8, 4) is 0 Å². The number of aliphatic hydroxyl groups excluding tert-OH is 2. The van der Waals surface area contributed by atoms with Crippen molar-refractivity contribution >= 4 is 0 Å². The number of ether oxygens (including phenoxy) is 1. The van der Waals surface area contributed by atoms with Gasteiger partial charge in [0.2, 0.25) is 0 Å². The summed E-state index contributed by atoms with van der Waals surface area (Å²) >= 11 is 0. The van der Waals surface area contributed by atoms with E-state index >= 15 is 0 Å². The maximum atomic E-state index is 9.77. The van der Waals surface area contributed by atoms with Crippen LogP contribution in [0.25, 0.3) is 0 Å². The van der Waals surface area contributed by atoms with E-state index in [0.29, 0.717) is 23.7 Å². The zero-order chi connectivity index (χ0) is 8.29. The normalized spacial score (nSPS) is 61.5. The first-order chi connectivity index (χ1) is 5.83. The van der Waals surface area contributed by atoms with Gasteiger partial charge in [0.15, 0.2) is 0 Å². The second kappa shape index (κ2) is 2.22. The van der Waals surface area contributed by atoms with Crippen molar-refractivity contribution in [2.45, 2.75) is 18.6 Å². The summed E-state index contributed by atoms with van der Waals surface area (Å²) < 4.78 is 5.51. The monoisotopic (exact) mass is 170 g/mol. The maximum Gasteiger partial charge on any atom is 0.0868 e. The Balaban J connectivity index is 1.95. The van der Waals surface area contributed by atoms with Crippen LogP contribution in [0.2, 0.25) is 0 Å². The standard InChI is InChI=1S/C9H14O3/c10-2-6-4-1-5-7(6)3-12-9(5)8(4)11/h4-11H,1-3H2/t4-,5+,6-,7+,8-,9-/m1/s1. The molecule has 6 atom stereocenters. The highest BCUT2D eigenvalue weighted by Crippen LogP contribution is 2.56. The molecule has 1 saturated heterocycles. The molecule has 2 N–H and O–H groups in total. The number of fused-ring (bicyclic) bond motifs is 1. The molecule has 0 spiro atoms. The molecular formula is C9H14O3. The fourth-order valence-electron chi connectivity index (χ4n) is 3.53. The van der Waals surface area contributed by atoms with Crippen LogP contribution in [0.15, 0.2) is 0 Å². The Hall–Kier alpha value is -0.120. The molecule has 2 saturated carbocycles. The SMILES string of the molecule is OC[C@H]1[C@H]2CO[C@H]3[C@H](O)[C@@H]1C[C@@H]23. The first-order valence-corrected chi connectivity index (χ1v) is 4.73. The van der Waals surface area contributed by atoms with Gasteiger partial charge in [0.05, 0.1) is 18.8 Å². The number of rotatable bonds is 1. The van der Waals surface area contributed by atoms with Crippen molar-refractivity contribution in [2.75, 3.05) is 13.2 Å². The highest BCUT2D eigenvalue weighted by atomic mass is 16.5. The summed E-state index contributed by atoms with van der Waals surface area (Å²) in [6, 6.07) is 0. The van der Waals surface area contributed by atoms with Gasteiger partial charge in [0, 0.05) is 6.61 Å². The molecule has 1 aliphatic heterocycles. The topological polar surface area (TPSA) is 49.7 Å². The number of aliphatic hydroxyl groups is 2. The predicted molar refractivity (Wildman–Crippen MR) is 41.4 cm³/mol. The van der Waals surface area contributed by atoms with Gasteiger partial charge in [0.1, 0.15) is 0 Å². The molecule has 0 aromatic heterocycles. The van der Waals surface area contributed by atoms with Gasteiger partial charge < -0.3 is 14.9 Å². The molecule has 1 heterocycles. The second-order valence-corrected chi connectivity index (χ2v) is 4.36. The molecule has 3 aliphatic rings. The van der Waals surface area contributed by atoms with E-state index in [2.05, 4.69) is 0 Å². The first-order valence-electron chi connectivity index (χ1n) is 4.73. The predicted octanol–water partition coefficient (Wildman–Crippen LogP) is -0.380. The van der Waals surface area contributed by atoms with Gasteiger partial charge >= 0.3 is 0 Å². The summed E-state index contributed by atoms with van der Waals surface area (Å²) in [5.41, 5.74) is 0. The van der Waals surface area contributed by atoms with E-state index in [1.807, 2.05) is 0 Å². The van der Waals surface area contributed by atoms with Crippen molar-refractivity contribution in [2.24, 2.45) is 23.7 Å².